The van der Waals surface area contributed by atoms with Gasteiger partial charge < -0.3 is 25.6 Å². The topological polar surface area (TPSA) is 108 Å². The van der Waals surface area contributed by atoms with E-state index in [1.54, 1.807) is 0 Å². The molecule has 16 heavy (non-hydrogen) atoms. The minimum Gasteiger partial charge on any atom is -0.467 e. The van der Waals surface area contributed by atoms with Crippen molar-refractivity contribution >= 4 is 11.9 Å². The lowest BCUT2D eigenvalue weighted by Gasteiger charge is -2.19. The molecule has 1 atom stereocenters. The highest BCUT2D eigenvalue weighted by Gasteiger charge is 2.20. The fourth-order valence-corrected chi connectivity index (χ4v) is 1.05. The van der Waals surface area contributed by atoms with Gasteiger partial charge in [0.15, 0.2) is 0 Å². The van der Waals surface area contributed by atoms with Crippen molar-refractivity contribution in [2.24, 2.45) is 0 Å². The van der Waals surface area contributed by atoms with Crippen LogP contribution < -0.4 is 10.6 Å². The first-order valence-electron chi connectivity index (χ1n) is 4.85. The van der Waals surface area contributed by atoms with Gasteiger partial charge in [-0.15, -0.1) is 0 Å². The van der Waals surface area contributed by atoms with Crippen LogP contribution in [0.3, 0.4) is 0 Å². The molecule has 0 aromatic carbocycles. The Morgan fingerprint density at radius 1 is 1.31 bits per heavy atom. The summed E-state index contributed by atoms with van der Waals surface area (Å²) in [5.41, 5.74) is 0. The summed E-state index contributed by atoms with van der Waals surface area (Å²) in [5.74, 6) is -0.945. The van der Waals surface area contributed by atoms with E-state index < -0.39 is 18.1 Å². The van der Waals surface area contributed by atoms with Crippen LogP contribution in [0.2, 0.25) is 0 Å². The third-order valence-corrected chi connectivity index (χ3v) is 1.91. The number of ether oxygens (including phenoxy) is 1. The van der Waals surface area contributed by atoms with Gasteiger partial charge in [-0.05, 0) is 0 Å². The Labute approximate surface area is 93.8 Å². The maximum absolute atomic E-state index is 11.2. The number of nitrogens with one attached hydrogen (secondary N) is 2. The molecule has 0 aliphatic rings. The first kappa shape index (κ1) is 14.8. The summed E-state index contributed by atoms with van der Waals surface area (Å²) in [4.78, 5) is 22.0. The summed E-state index contributed by atoms with van der Waals surface area (Å²) in [6.07, 6.45) is 0. The fourth-order valence-electron chi connectivity index (χ4n) is 1.05. The molecular formula is C9H18N2O5. The summed E-state index contributed by atoms with van der Waals surface area (Å²) >= 11 is 0. The summed E-state index contributed by atoms with van der Waals surface area (Å²) in [7, 11) is 1.21. The van der Waals surface area contributed by atoms with Gasteiger partial charge in [0.25, 0.3) is 0 Å². The number of carbonyl (C=O) groups is 2. The van der Waals surface area contributed by atoms with E-state index in [0.717, 1.165) is 0 Å². The average molecular weight is 234 g/mol. The maximum Gasteiger partial charge on any atom is 0.329 e. The van der Waals surface area contributed by atoms with Gasteiger partial charge in [-0.25, -0.2) is 4.79 Å². The minimum atomic E-state index is -0.830. The molecule has 0 saturated heterocycles. The summed E-state index contributed by atoms with van der Waals surface area (Å²) in [6, 6.07) is -1.36. The zero-order chi connectivity index (χ0) is 12.6. The zero-order valence-electron chi connectivity index (χ0n) is 9.40. The van der Waals surface area contributed by atoms with Crippen molar-refractivity contribution in [3.05, 3.63) is 0 Å². The van der Waals surface area contributed by atoms with Crippen LogP contribution in [-0.2, 0) is 14.3 Å². The monoisotopic (exact) mass is 234 g/mol. The number of carbonyl (C=O) groups excluding carboxylic acids is 2. The van der Waals surface area contributed by atoms with Gasteiger partial charge in [0.1, 0.15) is 6.04 Å². The summed E-state index contributed by atoms with van der Waals surface area (Å²) in [6.45, 7) is 0.846. The second-order valence-corrected chi connectivity index (χ2v) is 3.25. The van der Waals surface area contributed by atoms with Gasteiger partial charge in [-0.2, -0.15) is 0 Å². The third-order valence-electron chi connectivity index (χ3n) is 1.91. The highest BCUT2D eigenvalue weighted by molar-refractivity contribution is 5.83. The van der Waals surface area contributed by atoms with Crippen LogP contribution in [0.1, 0.15) is 6.92 Å². The molecule has 0 saturated carbocycles. The second kappa shape index (κ2) is 8.03. The predicted octanol–water partition coefficient (Wildman–Crippen LogP) is -2.39. The van der Waals surface area contributed by atoms with Crippen LogP contribution in [0.15, 0.2) is 0 Å². The number of esters is 1. The van der Waals surface area contributed by atoms with E-state index in [1.807, 2.05) is 0 Å². The van der Waals surface area contributed by atoms with E-state index in [0.29, 0.717) is 0 Å². The SMILES string of the molecule is COC(=O)C(CNC(CO)CO)NC(C)=O. The van der Waals surface area contributed by atoms with Gasteiger partial charge in [0.05, 0.1) is 26.4 Å². The smallest absolute Gasteiger partial charge is 0.329 e. The highest BCUT2D eigenvalue weighted by Crippen LogP contribution is 1.89. The number of hydrogen-bond donors (Lipinski definition) is 4. The minimum absolute atomic E-state index is 0.0814. The summed E-state index contributed by atoms with van der Waals surface area (Å²) < 4.78 is 4.49. The predicted molar refractivity (Wildman–Crippen MR) is 55.6 cm³/mol. The van der Waals surface area contributed by atoms with E-state index in [9.17, 15) is 9.59 Å². The van der Waals surface area contributed by atoms with Crippen LogP contribution in [-0.4, -0.2) is 61.0 Å². The van der Waals surface area contributed by atoms with Crippen LogP contribution in [0.25, 0.3) is 0 Å². The Balaban J connectivity index is 4.20. The number of amides is 1. The second-order valence-electron chi connectivity index (χ2n) is 3.25. The molecule has 0 spiro atoms. The summed E-state index contributed by atoms with van der Waals surface area (Å²) in [5, 5.41) is 22.7. The van der Waals surface area contributed by atoms with Crippen LogP contribution >= 0.6 is 0 Å². The van der Waals surface area contributed by atoms with E-state index in [-0.39, 0.29) is 25.7 Å². The van der Waals surface area contributed by atoms with Crippen LogP contribution in [0.5, 0.6) is 0 Å². The Hall–Kier alpha value is -1.18. The van der Waals surface area contributed by atoms with Gasteiger partial charge in [0, 0.05) is 13.5 Å². The van der Waals surface area contributed by atoms with E-state index in [1.165, 1.54) is 14.0 Å². The van der Waals surface area contributed by atoms with Crippen molar-refractivity contribution < 1.29 is 24.5 Å². The number of methoxy groups -OCH3 is 1. The number of rotatable bonds is 7. The molecule has 0 aromatic rings. The molecule has 0 rings (SSSR count). The van der Waals surface area contributed by atoms with Gasteiger partial charge >= 0.3 is 5.97 Å². The largest absolute Gasteiger partial charge is 0.467 e. The highest BCUT2D eigenvalue weighted by atomic mass is 16.5. The number of hydrogen-bond acceptors (Lipinski definition) is 6. The Morgan fingerprint density at radius 2 is 1.88 bits per heavy atom. The van der Waals surface area contributed by atoms with Crippen molar-refractivity contribution in [1.82, 2.24) is 10.6 Å². The normalized spacial score (nSPS) is 12.3. The molecule has 1 amide bonds. The molecule has 0 aliphatic carbocycles. The first-order valence-corrected chi connectivity index (χ1v) is 4.85. The first-order chi connectivity index (χ1) is 7.54. The molecule has 4 N–H and O–H groups in total. The molecular weight excluding hydrogens is 216 g/mol. The molecule has 0 radical (unpaired) electrons. The lowest BCUT2D eigenvalue weighted by atomic mass is 10.2. The van der Waals surface area contributed by atoms with E-state index in [4.69, 9.17) is 10.2 Å². The molecule has 7 nitrogen and oxygen atoms in total. The Morgan fingerprint density at radius 3 is 2.25 bits per heavy atom. The van der Waals surface area contributed by atoms with Crippen molar-refractivity contribution in [1.29, 1.82) is 0 Å². The maximum atomic E-state index is 11.2. The Bertz CT molecular complexity index is 230. The number of aliphatic hydroxyl groups is 2. The lowest BCUT2D eigenvalue weighted by Crippen LogP contribution is -2.50. The molecule has 1 unspecified atom stereocenters. The Kier molecular flexibility index (Phi) is 7.44. The quantitative estimate of drug-likeness (QED) is 0.366. The zero-order valence-corrected chi connectivity index (χ0v) is 9.40. The molecule has 7 heteroatoms. The van der Waals surface area contributed by atoms with Crippen molar-refractivity contribution in [3.8, 4) is 0 Å². The van der Waals surface area contributed by atoms with Gasteiger partial charge in [-0.3, -0.25) is 4.79 Å². The van der Waals surface area contributed by atoms with Crippen LogP contribution in [0, 0.1) is 0 Å². The van der Waals surface area contributed by atoms with Crippen molar-refractivity contribution in [2.75, 3.05) is 26.9 Å². The molecule has 0 fully saturated rings. The molecule has 0 heterocycles. The molecule has 94 valence electrons. The number of aliphatic hydroxyl groups excluding tert-OH is 2. The van der Waals surface area contributed by atoms with Gasteiger partial charge in [-0.1, -0.05) is 0 Å². The van der Waals surface area contributed by atoms with E-state index >= 15 is 0 Å². The van der Waals surface area contributed by atoms with Crippen LogP contribution in [0.4, 0.5) is 0 Å². The third kappa shape index (κ3) is 5.64. The molecule has 0 aliphatic heterocycles. The van der Waals surface area contributed by atoms with Crippen molar-refractivity contribution in [2.45, 2.75) is 19.0 Å². The standard InChI is InChI=1S/C9H18N2O5/c1-6(14)11-8(9(15)16-2)3-10-7(4-12)5-13/h7-8,10,12-13H,3-5H2,1-2H3,(H,11,14). The van der Waals surface area contributed by atoms with Crippen molar-refractivity contribution in [3.63, 3.8) is 0 Å². The average Bonchev–Trinajstić information content (AvgIpc) is 2.27. The fraction of sp³-hybridized carbons (Fsp3) is 0.778. The van der Waals surface area contributed by atoms with Gasteiger partial charge in [0.2, 0.25) is 5.91 Å². The lowest BCUT2D eigenvalue weighted by molar-refractivity contribution is -0.144. The molecule has 0 aromatic heterocycles. The molecule has 0 bridgehead atoms. The van der Waals surface area contributed by atoms with E-state index in [2.05, 4.69) is 15.4 Å².